The van der Waals surface area contributed by atoms with Gasteiger partial charge in [0.25, 0.3) is 0 Å². The van der Waals surface area contributed by atoms with Gasteiger partial charge in [0.15, 0.2) is 0 Å². The Morgan fingerprint density at radius 2 is 1.67 bits per heavy atom. The van der Waals surface area contributed by atoms with Gasteiger partial charge in [0, 0.05) is 14.7 Å². The monoisotopic (exact) mass is 231 g/mol. The zero-order chi connectivity index (χ0) is 10.5. The fourth-order valence-electron chi connectivity index (χ4n) is 1.26. The average molecular weight is 231 g/mol. The highest BCUT2D eigenvalue weighted by molar-refractivity contribution is 8.02. The molecule has 0 heterocycles. The topological polar surface area (TPSA) is 0 Å². The van der Waals surface area contributed by atoms with E-state index in [9.17, 15) is 0 Å². The summed E-state index contributed by atoms with van der Waals surface area (Å²) in [6, 6.07) is 19.7. The van der Waals surface area contributed by atoms with E-state index in [0.717, 1.165) is 0 Å². The highest BCUT2D eigenvalue weighted by Gasteiger charge is 2.01. The summed E-state index contributed by atoms with van der Waals surface area (Å²) in [4.78, 5) is 3.78. The molecule has 0 aliphatic heterocycles. The standard InChI is InChI=1S/C13H11S2/c1-14-12-9-5-6-10-13(12)15-11-7-3-2-4-8-11/h2-7,9-10H,1H3. The van der Waals surface area contributed by atoms with Crippen LogP contribution in [0.5, 0.6) is 0 Å². The van der Waals surface area contributed by atoms with Crippen LogP contribution >= 0.6 is 23.5 Å². The molecule has 0 nitrogen and oxygen atoms in total. The Hall–Kier alpha value is -0.860. The largest absolute Gasteiger partial charge is 0.128 e. The second-order valence-electron chi connectivity index (χ2n) is 2.98. The van der Waals surface area contributed by atoms with Crippen molar-refractivity contribution in [2.45, 2.75) is 14.7 Å². The summed E-state index contributed by atoms with van der Waals surface area (Å²) in [6.45, 7) is 0. The summed E-state index contributed by atoms with van der Waals surface area (Å²) < 4.78 is 0. The van der Waals surface area contributed by atoms with E-state index in [1.54, 1.807) is 23.5 Å². The molecule has 75 valence electrons. The van der Waals surface area contributed by atoms with Crippen molar-refractivity contribution in [2.24, 2.45) is 0 Å². The Morgan fingerprint density at radius 1 is 0.933 bits per heavy atom. The number of thioether (sulfide) groups is 1. The Kier molecular flexibility index (Phi) is 3.75. The molecule has 0 amide bonds. The Bertz CT molecular complexity index is 424. The third kappa shape index (κ3) is 2.80. The van der Waals surface area contributed by atoms with Crippen LogP contribution in [0.1, 0.15) is 0 Å². The van der Waals surface area contributed by atoms with E-state index < -0.39 is 0 Å². The number of hydrogen-bond donors (Lipinski definition) is 0. The lowest BCUT2D eigenvalue weighted by atomic mass is 10.4. The molecule has 0 atom stereocenters. The maximum atomic E-state index is 3.22. The molecule has 0 bridgehead atoms. The number of benzene rings is 2. The van der Waals surface area contributed by atoms with Crippen molar-refractivity contribution in [3.8, 4) is 0 Å². The lowest BCUT2D eigenvalue weighted by Crippen LogP contribution is -1.77. The Morgan fingerprint density at radius 3 is 2.33 bits per heavy atom. The van der Waals surface area contributed by atoms with Crippen molar-refractivity contribution in [1.82, 2.24) is 0 Å². The summed E-state index contributed by atoms with van der Waals surface area (Å²) >= 11 is 3.54. The third-order valence-corrected chi connectivity index (χ3v) is 3.94. The molecule has 0 aromatic heterocycles. The molecule has 15 heavy (non-hydrogen) atoms. The first-order valence-corrected chi connectivity index (χ1v) is 6.72. The van der Waals surface area contributed by atoms with E-state index in [0.29, 0.717) is 0 Å². The summed E-state index contributed by atoms with van der Waals surface area (Å²) in [5.74, 6) is 0. The van der Waals surface area contributed by atoms with Crippen LogP contribution in [0.3, 0.4) is 0 Å². The van der Waals surface area contributed by atoms with Crippen LogP contribution < -0.4 is 0 Å². The summed E-state index contributed by atoms with van der Waals surface area (Å²) in [5, 5.41) is 0. The molecule has 2 heteroatoms. The van der Waals surface area contributed by atoms with Gasteiger partial charge in [0.05, 0.1) is 0 Å². The molecule has 2 aromatic carbocycles. The van der Waals surface area contributed by atoms with Gasteiger partial charge in [-0.3, -0.25) is 0 Å². The third-order valence-electron chi connectivity index (χ3n) is 1.97. The first-order chi connectivity index (χ1) is 7.40. The molecule has 0 aliphatic carbocycles. The molecule has 0 saturated carbocycles. The normalized spacial score (nSPS) is 10.2. The minimum absolute atomic E-state index is 1.17. The van der Waals surface area contributed by atoms with Crippen molar-refractivity contribution < 1.29 is 0 Å². The van der Waals surface area contributed by atoms with Gasteiger partial charge in [-0.25, -0.2) is 0 Å². The Balaban J connectivity index is 2.24. The molecular formula is C13H11S2. The van der Waals surface area contributed by atoms with Gasteiger partial charge in [-0.05, 0) is 30.5 Å². The van der Waals surface area contributed by atoms with Crippen molar-refractivity contribution >= 4 is 23.5 Å². The summed E-state index contributed by atoms with van der Waals surface area (Å²) in [5.41, 5.74) is 0. The maximum absolute atomic E-state index is 3.22. The maximum Gasteiger partial charge on any atom is 0.0258 e. The molecule has 1 radical (unpaired) electrons. The van der Waals surface area contributed by atoms with Gasteiger partial charge in [0.2, 0.25) is 0 Å². The smallest absolute Gasteiger partial charge is 0.0258 e. The van der Waals surface area contributed by atoms with Crippen LogP contribution in [-0.2, 0) is 0 Å². The SMILES string of the molecule is CSc1ccccc1Sc1[c]cccc1. The summed E-state index contributed by atoms with van der Waals surface area (Å²) in [7, 11) is 0. The fourth-order valence-corrected chi connectivity index (χ4v) is 2.95. The molecular weight excluding hydrogens is 220 g/mol. The quantitative estimate of drug-likeness (QED) is 0.720. The average Bonchev–Trinajstić information content (AvgIpc) is 2.31. The first-order valence-electron chi connectivity index (χ1n) is 4.68. The molecule has 2 rings (SSSR count). The molecule has 2 aromatic rings. The minimum Gasteiger partial charge on any atom is -0.128 e. The molecule has 0 spiro atoms. The predicted octanol–water partition coefficient (Wildman–Crippen LogP) is 4.36. The van der Waals surface area contributed by atoms with Gasteiger partial charge >= 0.3 is 0 Å². The van der Waals surface area contributed by atoms with E-state index in [2.05, 4.69) is 42.7 Å². The van der Waals surface area contributed by atoms with Gasteiger partial charge in [-0.2, -0.15) is 0 Å². The zero-order valence-corrected chi connectivity index (χ0v) is 10.1. The number of rotatable bonds is 3. The van der Waals surface area contributed by atoms with E-state index in [-0.39, 0.29) is 0 Å². The van der Waals surface area contributed by atoms with Crippen LogP contribution in [0.2, 0.25) is 0 Å². The van der Waals surface area contributed by atoms with Crippen molar-refractivity contribution in [2.75, 3.05) is 6.26 Å². The minimum atomic E-state index is 1.17. The zero-order valence-electron chi connectivity index (χ0n) is 8.44. The molecule has 0 unspecified atom stereocenters. The first kappa shape index (κ1) is 10.7. The second kappa shape index (κ2) is 5.29. The van der Waals surface area contributed by atoms with E-state index >= 15 is 0 Å². The second-order valence-corrected chi connectivity index (χ2v) is 4.91. The summed E-state index contributed by atoms with van der Waals surface area (Å²) in [6.07, 6.45) is 2.11. The highest BCUT2D eigenvalue weighted by atomic mass is 32.2. The molecule has 0 N–H and O–H groups in total. The predicted molar refractivity (Wildman–Crippen MR) is 67.6 cm³/mol. The Labute approximate surface area is 99.1 Å². The van der Waals surface area contributed by atoms with Gasteiger partial charge in [-0.15, -0.1) is 11.8 Å². The molecule has 0 fully saturated rings. The lowest BCUT2D eigenvalue weighted by Gasteiger charge is -2.05. The van der Waals surface area contributed by atoms with Gasteiger partial charge < -0.3 is 0 Å². The van der Waals surface area contributed by atoms with Crippen LogP contribution in [0, 0.1) is 6.07 Å². The fraction of sp³-hybridized carbons (Fsp3) is 0.0769. The van der Waals surface area contributed by atoms with Crippen LogP contribution in [0.25, 0.3) is 0 Å². The number of hydrogen-bond acceptors (Lipinski definition) is 2. The van der Waals surface area contributed by atoms with Crippen molar-refractivity contribution in [3.63, 3.8) is 0 Å². The highest BCUT2D eigenvalue weighted by Crippen LogP contribution is 2.33. The van der Waals surface area contributed by atoms with Gasteiger partial charge in [0.1, 0.15) is 0 Å². The van der Waals surface area contributed by atoms with E-state index in [4.69, 9.17) is 0 Å². The molecule has 0 aliphatic rings. The van der Waals surface area contributed by atoms with Gasteiger partial charge in [-0.1, -0.05) is 42.1 Å². The molecule has 0 saturated heterocycles. The van der Waals surface area contributed by atoms with Crippen molar-refractivity contribution in [3.05, 3.63) is 54.6 Å². The van der Waals surface area contributed by atoms with Crippen LogP contribution in [0.4, 0.5) is 0 Å². The lowest BCUT2D eigenvalue weighted by molar-refractivity contribution is 1.24. The van der Waals surface area contributed by atoms with E-state index in [1.165, 1.54) is 14.7 Å². The van der Waals surface area contributed by atoms with Crippen molar-refractivity contribution in [1.29, 1.82) is 0 Å². The van der Waals surface area contributed by atoms with Crippen LogP contribution in [0.15, 0.2) is 63.2 Å². The van der Waals surface area contributed by atoms with E-state index in [1.807, 2.05) is 18.2 Å². The van der Waals surface area contributed by atoms with Crippen LogP contribution in [-0.4, -0.2) is 6.26 Å².